The van der Waals surface area contributed by atoms with Crippen LogP contribution in [-0.2, 0) is 11.3 Å². The van der Waals surface area contributed by atoms with Crippen LogP contribution >= 0.6 is 23.6 Å². The molecular formula is C6H8N2OS2. The monoisotopic (exact) mass is 188 g/mol. The molecule has 0 saturated carbocycles. The fourth-order valence-electron chi connectivity index (χ4n) is 0.709. The second kappa shape index (κ2) is 3.75. The average molecular weight is 188 g/mol. The number of nitrogens with two attached hydrogens (primary N) is 1. The Kier molecular flexibility index (Phi) is 2.92. The first kappa shape index (κ1) is 8.58. The number of nitrogens with zero attached hydrogens (tertiary/aromatic N) is 1. The third-order valence-corrected chi connectivity index (χ3v) is 2.38. The van der Waals surface area contributed by atoms with E-state index in [1.165, 1.54) is 11.3 Å². The summed E-state index contributed by atoms with van der Waals surface area (Å²) in [6.07, 6.45) is 0. The van der Waals surface area contributed by atoms with Gasteiger partial charge in [-0.2, -0.15) is 0 Å². The molecule has 0 amide bonds. The summed E-state index contributed by atoms with van der Waals surface area (Å²) in [5, 5.41) is 0. The molecule has 5 heteroatoms. The van der Waals surface area contributed by atoms with Crippen molar-refractivity contribution >= 4 is 28.5 Å². The molecule has 0 bridgehead atoms. The van der Waals surface area contributed by atoms with E-state index in [4.69, 9.17) is 22.7 Å². The molecule has 0 aliphatic rings. The van der Waals surface area contributed by atoms with Gasteiger partial charge in [0.15, 0.2) is 0 Å². The second-order valence-corrected chi connectivity index (χ2v) is 3.22. The number of ether oxygens (including phenoxy) is 1. The molecule has 0 spiro atoms. The van der Waals surface area contributed by atoms with Crippen LogP contribution in [0.25, 0.3) is 0 Å². The Bertz CT molecular complexity index is 259. The van der Waals surface area contributed by atoms with Crippen molar-refractivity contribution in [1.82, 2.24) is 4.98 Å². The van der Waals surface area contributed by atoms with Crippen LogP contribution in [0, 0.1) is 0 Å². The van der Waals surface area contributed by atoms with Gasteiger partial charge in [-0.3, -0.25) is 0 Å². The van der Waals surface area contributed by atoms with E-state index < -0.39 is 0 Å². The van der Waals surface area contributed by atoms with Crippen molar-refractivity contribution in [1.29, 1.82) is 0 Å². The van der Waals surface area contributed by atoms with E-state index >= 15 is 0 Å². The predicted molar refractivity (Wildman–Crippen MR) is 48.7 cm³/mol. The Morgan fingerprint density at radius 1 is 1.91 bits per heavy atom. The highest BCUT2D eigenvalue weighted by Gasteiger charge is 2.06. The number of thiazole rings is 1. The molecule has 0 aliphatic carbocycles. The van der Waals surface area contributed by atoms with Gasteiger partial charge in [0.05, 0.1) is 22.7 Å². The molecule has 1 aromatic heterocycles. The van der Waals surface area contributed by atoms with Crippen molar-refractivity contribution in [3.63, 3.8) is 0 Å². The predicted octanol–water partition coefficient (Wildman–Crippen LogP) is 0.924. The van der Waals surface area contributed by atoms with Crippen molar-refractivity contribution in [3.05, 3.63) is 16.1 Å². The van der Waals surface area contributed by atoms with Gasteiger partial charge in [0, 0.05) is 7.11 Å². The lowest BCUT2D eigenvalue weighted by Gasteiger charge is -1.97. The van der Waals surface area contributed by atoms with Crippen LogP contribution in [0.5, 0.6) is 0 Å². The highest BCUT2D eigenvalue weighted by Crippen LogP contribution is 2.13. The van der Waals surface area contributed by atoms with Crippen molar-refractivity contribution in [3.8, 4) is 0 Å². The summed E-state index contributed by atoms with van der Waals surface area (Å²) in [5.74, 6) is 0. The number of aromatic nitrogens is 1. The van der Waals surface area contributed by atoms with Crippen LogP contribution in [0.15, 0.2) is 5.51 Å². The van der Waals surface area contributed by atoms with Gasteiger partial charge in [-0.15, -0.1) is 11.3 Å². The number of methoxy groups -OCH3 is 1. The minimum absolute atomic E-state index is 0.388. The van der Waals surface area contributed by atoms with E-state index in [0.29, 0.717) is 11.6 Å². The van der Waals surface area contributed by atoms with Gasteiger partial charge in [-0.25, -0.2) is 4.98 Å². The molecule has 0 aromatic carbocycles. The zero-order valence-electron chi connectivity index (χ0n) is 6.03. The molecule has 1 aromatic rings. The molecule has 11 heavy (non-hydrogen) atoms. The molecular weight excluding hydrogens is 180 g/mol. The third-order valence-electron chi connectivity index (χ3n) is 1.15. The molecule has 1 rings (SSSR count). The molecule has 0 saturated heterocycles. The minimum atomic E-state index is 0.388. The highest BCUT2D eigenvalue weighted by atomic mass is 32.1. The quantitative estimate of drug-likeness (QED) is 0.717. The van der Waals surface area contributed by atoms with Gasteiger partial charge in [-0.05, 0) is 0 Å². The largest absolute Gasteiger partial charge is 0.389 e. The Hall–Kier alpha value is -0.520. The van der Waals surface area contributed by atoms with Crippen LogP contribution in [0.1, 0.15) is 10.6 Å². The summed E-state index contributed by atoms with van der Waals surface area (Å²) in [6, 6.07) is 0. The van der Waals surface area contributed by atoms with E-state index in [0.717, 1.165) is 10.6 Å². The maximum absolute atomic E-state index is 5.44. The Morgan fingerprint density at radius 3 is 3.18 bits per heavy atom. The topological polar surface area (TPSA) is 48.1 Å². The molecule has 0 radical (unpaired) electrons. The van der Waals surface area contributed by atoms with Gasteiger partial charge in [0.2, 0.25) is 0 Å². The molecule has 3 nitrogen and oxygen atoms in total. The van der Waals surface area contributed by atoms with Crippen LogP contribution in [0.4, 0.5) is 0 Å². The van der Waals surface area contributed by atoms with Gasteiger partial charge in [0.1, 0.15) is 4.99 Å². The lowest BCUT2D eigenvalue weighted by molar-refractivity contribution is 0.182. The number of thiocarbonyl (C=S) groups is 1. The smallest absolute Gasteiger partial charge is 0.116 e. The van der Waals surface area contributed by atoms with Crippen LogP contribution < -0.4 is 5.73 Å². The first-order chi connectivity index (χ1) is 5.25. The van der Waals surface area contributed by atoms with Crippen molar-refractivity contribution < 1.29 is 4.74 Å². The van der Waals surface area contributed by atoms with Crippen LogP contribution in [-0.4, -0.2) is 17.1 Å². The Morgan fingerprint density at radius 2 is 2.64 bits per heavy atom. The van der Waals surface area contributed by atoms with Gasteiger partial charge < -0.3 is 10.5 Å². The first-order valence-corrected chi connectivity index (χ1v) is 4.25. The van der Waals surface area contributed by atoms with Crippen LogP contribution in [0.3, 0.4) is 0 Å². The lowest BCUT2D eigenvalue weighted by Crippen LogP contribution is -2.10. The van der Waals surface area contributed by atoms with Crippen molar-refractivity contribution in [2.45, 2.75) is 6.61 Å². The summed E-state index contributed by atoms with van der Waals surface area (Å²) in [5.41, 5.74) is 7.97. The Labute approximate surface area is 74.2 Å². The zero-order chi connectivity index (χ0) is 8.27. The maximum Gasteiger partial charge on any atom is 0.116 e. The molecule has 60 valence electrons. The first-order valence-electron chi connectivity index (χ1n) is 2.96. The summed E-state index contributed by atoms with van der Waals surface area (Å²) in [6.45, 7) is 0.468. The summed E-state index contributed by atoms with van der Waals surface area (Å²) in [4.78, 5) is 5.29. The van der Waals surface area contributed by atoms with Gasteiger partial charge in [0.25, 0.3) is 0 Å². The molecule has 1 heterocycles. The fraction of sp³-hybridized carbons (Fsp3) is 0.333. The van der Waals surface area contributed by atoms with Gasteiger partial charge >= 0.3 is 0 Å². The number of hydrogen-bond acceptors (Lipinski definition) is 4. The van der Waals surface area contributed by atoms with Crippen molar-refractivity contribution in [2.24, 2.45) is 5.73 Å². The minimum Gasteiger partial charge on any atom is -0.389 e. The molecule has 2 N–H and O–H groups in total. The normalized spacial score (nSPS) is 9.91. The van der Waals surface area contributed by atoms with Crippen LogP contribution in [0.2, 0.25) is 0 Å². The van der Waals surface area contributed by atoms with E-state index in [1.54, 1.807) is 12.6 Å². The van der Waals surface area contributed by atoms with E-state index in [-0.39, 0.29) is 0 Å². The standard InChI is InChI=1S/C6H8N2OS2/c1-9-2-4-5(6(7)10)11-3-8-4/h3H,2H2,1H3,(H2,7,10). The van der Waals surface area contributed by atoms with Gasteiger partial charge in [-0.1, -0.05) is 12.2 Å². The SMILES string of the molecule is COCc1ncsc1C(N)=S. The Balaban J connectivity index is 2.87. The fourth-order valence-corrected chi connectivity index (χ4v) is 1.62. The highest BCUT2D eigenvalue weighted by molar-refractivity contribution is 7.81. The number of rotatable bonds is 3. The maximum atomic E-state index is 5.44. The summed E-state index contributed by atoms with van der Waals surface area (Å²) < 4.78 is 4.91. The zero-order valence-corrected chi connectivity index (χ0v) is 7.67. The summed E-state index contributed by atoms with van der Waals surface area (Å²) in [7, 11) is 1.61. The lowest BCUT2D eigenvalue weighted by atomic mass is 10.4. The average Bonchev–Trinajstić information content (AvgIpc) is 2.36. The van der Waals surface area contributed by atoms with E-state index in [9.17, 15) is 0 Å². The van der Waals surface area contributed by atoms with E-state index in [1.807, 2.05) is 0 Å². The molecule has 0 unspecified atom stereocenters. The molecule has 0 atom stereocenters. The summed E-state index contributed by atoms with van der Waals surface area (Å²) >= 11 is 6.25. The second-order valence-electron chi connectivity index (χ2n) is 1.93. The van der Waals surface area contributed by atoms with E-state index in [2.05, 4.69) is 4.98 Å². The number of hydrogen-bond donors (Lipinski definition) is 1. The molecule has 0 fully saturated rings. The molecule has 0 aliphatic heterocycles. The third kappa shape index (κ3) is 1.95. The van der Waals surface area contributed by atoms with Crippen molar-refractivity contribution in [2.75, 3.05) is 7.11 Å².